The number of nitrogens with zero attached hydrogens (tertiary/aromatic N) is 3. The van der Waals surface area contributed by atoms with Crippen molar-refractivity contribution < 1.29 is 4.79 Å². The number of rotatable bonds is 3. The zero-order chi connectivity index (χ0) is 14.8. The monoisotopic (exact) mass is 336 g/mol. The Morgan fingerprint density at radius 2 is 2.00 bits per heavy atom. The van der Waals surface area contributed by atoms with E-state index in [1.807, 2.05) is 36.6 Å². The third kappa shape index (κ3) is 3.26. The lowest BCUT2D eigenvalue weighted by molar-refractivity contribution is 0.102. The van der Waals surface area contributed by atoms with Crippen molar-refractivity contribution in [2.24, 2.45) is 0 Å². The van der Waals surface area contributed by atoms with Gasteiger partial charge in [-0.25, -0.2) is 4.98 Å². The smallest absolute Gasteiger partial charge is 0.288 e. The van der Waals surface area contributed by atoms with Crippen molar-refractivity contribution in [1.29, 1.82) is 0 Å². The lowest BCUT2D eigenvalue weighted by Crippen LogP contribution is -2.11. The molecule has 106 valence electrons. The van der Waals surface area contributed by atoms with Gasteiger partial charge >= 0.3 is 0 Å². The summed E-state index contributed by atoms with van der Waals surface area (Å²) in [5, 5.41) is 12.6. The fraction of sp³-hybridized carbons (Fsp3) is 0.0769. The van der Waals surface area contributed by atoms with Gasteiger partial charge in [0.15, 0.2) is 5.13 Å². The summed E-state index contributed by atoms with van der Waals surface area (Å²) in [6, 6.07) is 8.05. The van der Waals surface area contributed by atoms with Crippen molar-refractivity contribution in [3.63, 3.8) is 0 Å². The molecular weight excluding hydrogens is 328 g/mol. The summed E-state index contributed by atoms with van der Waals surface area (Å²) in [6.07, 6.45) is 0. The van der Waals surface area contributed by atoms with E-state index in [0.717, 1.165) is 22.6 Å². The minimum atomic E-state index is -0.357. The molecule has 21 heavy (non-hydrogen) atoms. The molecule has 2 aromatic heterocycles. The molecule has 1 amide bonds. The third-order valence-corrected chi connectivity index (χ3v) is 4.44. The van der Waals surface area contributed by atoms with Crippen molar-refractivity contribution >= 4 is 45.3 Å². The molecule has 0 fully saturated rings. The SMILES string of the molecule is Cc1ccc(-c2csc(NC(=O)c3nnc(Cl)s3)n2)cc1. The number of hydrogen-bond donors (Lipinski definition) is 1. The van der Waals surface area contributed by atoms with Gasteiger partial charge in [0.05, 0.1) is 5.69 Å². The van der Waals surface area contributed by atoms with Gasteiger partial charge in [0, 0.05) is 10.9 Å². The lowest BCUT2D eigenvalue weighted by Gasteiger charge is -1.98. The number of hydrogen-bond acceptors (Lipinski definition) is 6. The van der Waals surface area contributed by atoms with Gasteiger partial charge < -0.3 is 0 Å². The van der Waals surface area contributed by atoms with E-state index in [1.165, 1.54) is 16.9 Å². The molecule has 0 bridgehead atoms. The average Bonchev–Trinajstić information content (AvgIpc) is 3.09. The standard InChI is InChI=1S/C13H9ClN4OS2/c1-7-2-4-8(5-3-7)9-6-20-13(15-9)16-10(19)11-17-18-12(14)21-11/h2-6H,1H3,(H,15,16,19). The Labute approximate surface area is 133 Å². The Bertz CT molecular complexity index is 782. The number of thiazole rings is 1. The molecule has 3 aromatic rings. The van der Waals surface area contributed by atoms with E-state index in [9.17, 15) is 4.79 Å². The molecule has 0 unspecified atom stereocenters. The van der Waals surface area contributed by atoms with Gasteiger partial charge in [-0.3, -0.25) is 10.1 Å². The van der Waals surface area contributed by atoms with Crippen LogP contribution in [0, 0.1) is 6.92 Å². The van der Waals surface area contributed by atoms with Gasteiger partial charge in [-0.15, -0.1) is 21.5 Å². The first-order valence-corrected chi connectivity index (χ1v) is 8.02. The van der Waals surface area contributed by atoms with E-state index < -0.39 is 0 Å². The minimum Gasteiger partial charge on any atom is -0.296 e. The van der Waals surface area contributed by atoms with E-state index in [-0.39, 0.29) is 15.4 Å². The zero-order valence-corrected chi connectivity index (χ0v) is 13.2. The summed E-state index contributed by atoms with van der Waals surface area (Å²) in [4.78, 5) is 16.3. The van der Waals surface area contributed by atoms with Crippen LogP contribution in [0.15, 0.2) is 29.6 Å². The quantitative estimate of drug-likeness (QED) is 0.788. The van der Waals surface area contributed by atoms with E-state index >= 15 is 0 Å². The molecule has 8 heteroatoms. The summed E-state index contributed by atoms with van der Waals surface area (Å²) in [5.41, 5.74) is 3.03. The van der Waals surface area contributed by atoms with Crippen molar-refractivity contribution in [2.75, 3.05) is 5.32 Å². The number of carbonyl (C=O) groups is 1. The second-order valence-corrected chi connectivity index (χ2v) is 6.64. The predicted octanol–water partition coefficient (Wildman–Crippen LogP) is 3.88. The number of anilines is 1. The highest BCUT2D eigenvalue weighted by Gasteiger charge is 2.14. The van der Waals surface area contributed by atoms with Crippen LogP contribution >= 0.6 is 34.3 Å². The Balaban J connectivity index is 1.76. The van der Waals surface area contributed by atoms with Crippen LogP contribution < -0.4 is 5.32 Å². The van der Waals surface area contributed by atoms with E-state index in [4.69, 9.17) is 11.6 Å². The highest BCUT2D eigenvalue weighted by molar-refractivity contribution is 7.17. The number of carbonyl (C=O) groups excluding carboxylic acids is 1. The van der Waals surface area contributed by atoms with Crippen molar-refractivity contribution in [2.45, 2.75) is 6.92 Å². The molecule has 0 aliphatic rings. The van der Waals surface area contributed by atoms with Crippen LogP contribution in [0.1, 0.15) is 15.4 Å². The number of amides is 1. The average molecular weight is 337 g/mol. The second-order valence-electron chi connectivity index (χ2n) is 4.22. The first kappa shape index (κ1) is 14.1. The molecule has 2 heterocycles. The highest BCUT2D eigenvalue weighted by atomic mass is 35.5. The Hall–Kier alpha value is -1.83. The molecule has 0 aliphatic carbocycles. The van der Waals surface area contributed by atoms with Crippen LogP contribution in [0.2, 0.25) is 4.47 Å². The number of aryl methyl sites for hydroxylation is 1. The summed E-state index contributed by atoms with van der Waals surface area (Å²) in [7, 11) is 0. The first-order valence-electron chi connectivity index (χ1n) is 5.95. The topological polar surface area (TPSA) is 67.8 Å². The van der Waals surface area contributed by atoms with Crippen LogP contribution in [-0.4, -0.2) is 21.1 Å². The van der Waals surface area contributed by atoms with Crippen LogP contribution in [0.4, 0.5) is 5.13 Å². The van der Waals surface area contributed by atoms with Gasteiger partial charge in [0.1, 0.15) is 0 Å². The molecule has 0 radical (unpaired) electrons. The summed E-state index contributed by atoms with van der Waals surface area (Å²) in [6.45, 7) is 2.03. The minimum absolute atomic E-state index is 0.215. The largest absolute Gasteiger partial charge is 0.296 e. The van der Waals surface area contributed by atoms with Crippen molar-refractivity contribution in [1.82, 2.24) is 15.2 Å². The molecule has 0 spiro atoms. The van der Waals surface area contributed by atoms with E-state index in [1.54, 1.807) is 0 Å². The van der Waals surface area contributed by atoms with Crippen LogP contribution in [0.25, 0.3) is 11.3 Å². The maximum Gasteiger partial charge on any atom is 0.288 e. The van der Waals surface area contributed by atoms with Gasteiger partial charge in [0.2, 0.25) is 9.47 Å². The number of aromatic nitrogens is 3. The highest BCUT2D eigenvalue weighted by Crippen LogP contribution is 2.26. The number of nitrogens with one attached hydrogen (secondary N) is 1. The Kier molecular flexibility index (Phi) is 3.96. The molecule has 0 aliphatic heterocycles. The summed E-state index contributed by atoms with van der Waals surface area (Å²) < 4.78 is 0.236. The van der Waals surface area contributed by atoms with Gasteiger partial charge in [0.25, 0.3) is 5.91 Å². The fourth-order valence-electron chi connectivity index (χ4n) is 1.64. The molecule has 5 nitrogen and oxygen atoms in total. The molecule has 0 saturated carbocycles. The maximum atomic E-state index is 11.9. The Morgan fingerprint density at radius 3 is 2.67 bits per heavy atom. The summed E-state index contributed by atoms with van der Waals surface area (Å²) >= 11 is 8.04. The first-order chi connectivity index (χ1) is 10.1. The maximum absolute atomic E-state index is 11.9. The van der Waals surface area contributed by atoms with Crippen LogP contribution in [0.3, 0.4) is 0 Å². The molecule has 0 saturated heterocycles. The van der Waals surface area contributed by atoms with Crippen molar-refractivity contribution in [3.8, 4) is 11.3 Å². The van der Waals surface area contributed by atoms with E-state index in [2.05, 4.69) is 20.5 Å². The predicted molar refractivity (Wildman–Crippen MR) is 85.2 cm³/mol. The number of benzene rings is 1. The molecular formula is C13H9ClN4OS2. The Morgan fingerprint density at radius 1 is 1.24 bits per heavy atom. The second kappa shape index (κ2) is 5.88. The molecule has 0 atom stereocenters. The van der Waals surface area contributed by atoms with Gasteiger partial charge in [-0.05, 0) is 18.5 Å². The normalized spacial score (nSPS) is 10.6. The van der Waals surface area contributed by atoms with E-state index in [0.29, 0.717) is 5.13 Å². The van der Waals surface area contributed by atoms with Crippen LogP contribution in [0.5, 0.6) is 0 Å². The molecule has 3 rings (SSSR count). The van der Waals surface area contributed by atoms with Crippen LogP contribution in [-0.2, 0) is 0 Å². The lowest BCUT2D eigenvalue weighted by atomic mass is 10.1. The molecule has 1 aromatic carbocycles. The fourth-order valence-corrected chi connectivity index (χ4v) is 3.07. The number of halogens is 1. The zero-order valence-electron chi connectivity index (χ0n) is 10.8. The van der Waals surface area contributed by atoms with Gasteiger partial charge in [-0.1, -0.05) is 41.2 Å². The van der Waals surface area contributed by atoms with Gasteiger partial charge in [-0.2, -0.15) is 0 Å². The third-order valence-electron chi connectivity index (χ3n) is 2.67. The summed E-state index contributed by atoms with van der Waals surface area (Å²) in [5.74, 6) is -0.357. The molecule has 1 N–H and O–H groups in total. The van der Waals surface area contributed by atoms with Crippen molar-refractivity contribution in [3.05, 3.63) is 44.7 Å².